The van der Waals surface area contributed by atoms with Crippen LogP contribution < -0.4 is 4.90 Å². The molecule has 6 heteroatoms. The number of carbonyl (C=O) groups is 2. The molecule has 0 spiro atoms. The van der Waals surface area contributed by atoms with Crippen LogP contribution in [0, 0.1) is 0 Å². The first-order valence-corrected chi connectivity index (χ1v) is 9.95. The van der Waals surface area contributed by atoms with E-state index in [4.69, 9.17) is 5.11 Å². The molecule has 0 amide bonds. The van der Waals surface area contributed by atoms with Gasteiger partial charge in [0.05, 0.1) is 6.42 Å². The number of nitrogens with zero attached hydrogens (tertiary/aromatic N) is 1. The second-order valence-electron chi connectivity index (χ2n) is 6.12. The van der Waals surface area contributed by atoms with Crippen molar-refractivity contribution in [2.24, 2.45) is 0 Å². The zero-order valence-corrected chi connectivity index (χ0v) is 17.7. The van der Waals surface area contributed by atoms with Gasteiger partial charge in [-0.3, -0.25) is 9.59 Å². The third kappa shape index (κ3) is 6.25. The molecule has 0 heterocycles. The van der Waals surface area contributed by atoms with Crippen LogP contribution in [0.3, 0.4) is 0 Å². The number of hydrogen-bond acceptors (Lipinski definition) is 3. The van der Waals surface area contributed by atoms with Crippen LogP contribution in [-0.2, 0) is 11.2 Å². The topological polar surface area (TPSA) is 57.6 Å². The van der Waals surface area contributed by atoms with Gasteiger partial charge in [0.1, 0.15) is 0 Å². The van der Waals surface area contributed by atoms with Crippen LogP contribution in [0.5, 0.6) is 0 Å². The highest BCUT2D eigenvalue weighted by Gasteiger charge is 2.16. The fourth-order valence-electron chi connectivity index (χ4n) is 2.72. The van der Waals surface area contributed by atoms with E-state index in [-0.39, 0.29) is 6.42 Å². The SMILES string of the molecule is CN(CCC(=O)O)c1cccc(Br)c1.O=C1CCCc2cc(Br)ccc21. The van der Waals surface area contributed by atoms with E-state index in [0.717, 1.165) is 33.0 Å². The quantitative estimate of drug-likeness (QED) is 0.639. The maximum atomic E-state index is 11.4. The number of aryl methyl sites for hydroxylation is 1. The fraction of sp³-hybridized carbons (Fsp3) is 0.300. The summed E-state index contributed by atoms with van der Waals surface area (Å²) >= 11 is 6.77. The van der Waals surface area contributed by atoms with Crippen molar-refractivity contribution in [2.45, 2.75) is 25.7 Å². The average molecular weight is 483 g/mol. The van der Waals surface area contributed by atoms with Crippen LogP contribution in [0.1, 0.15) is 35.2 Å². The van der Waals surface area contributed by atoms with Crippen LogP contribution >= 0.6 is 31.9 Å². The lowest BCUT2D eigenvalue weighted by molar-refractivity contribution is -0.136. The molecular weight excluding hydrogens is 462 g/mol. The number of rotatable bonds is 4. The second kappa shape index (κ2) is 9.88. The van der Waals surface area contributed by atoms with Gasteiger partial charge in [-0.05, 0) is 48.7 Å². The molecule has 0 aromatic heterocycles. The van der Waals surface area contributed by atoms with Gasteiger partial charge in [-0.25, -0.2) is 0 Å². The summed E-state index contributed by atoms with van der Waals surface area (Å²) in [7, 11) is 1.88. The van der Waals surface area contributed by atoms with Gasteiger partial charge in [0.15, 0.2) is 5.78 Å². The summed E-state index contributed by atoms with van der Waals surface area (Å²) < 4.78 is 2.06. The van der Waals surface area contributed by atoms with Gasteiger partial charge in [-0.1, -0.05) is 44.0 Å². The zero-order chi connectivity index (χ0) is 19.1. The number of Topliss-reactive ketones (excluding diaryl/α,β-unsaturated/α-hetero) is 1. The number of carboxylic acid groups (broad SMARTS) is 1. The summed E-state index contributed by atoms with van der Waals surface area (Å²) in [4.78, 5) is 23.7. The Morgan fingerprint density at radius 3 is 2.54 bits per heavy atom. The molecule has 0 radical (unpaired) electrons. The van der Waals surface area contributed by atoms with Crippen molar-refractivity contribution in [1.29, 1.82) is 0 Å². The number of hydrogen-bond donors (Lipinski definition) is 1. The Bertz CT molecular complexity index is 792. The van der Waals surface area contributed by atoms with Crippen LogP contribution in [0.4, 0.5) is 5.69 Å². The van der Waals surface area contributed by atoms with Crippen molar-refractivity contribution in [2.75, 3.05) is 18.5 Å². The smallest absolute Gasteiger partial charge is 0.305 e. The van der Waals surface area contributed by atoms with Crippen molar-refractivity contribution in [1.82, 2.24) is 0 Å². The maximum absolute atomic E-state index is 11.4. The van der Waals surface area contributed by atoms with Gasteiger partial charge in [-0.15, -0.1) is 0 Å². The number of fused-ring (bicyclic) bond motifs is 1. The van der Waals surface area contributed by atoms with Gasteiger partial charge in [-0.2, -0.15) is 0 Å². The van der Waals surface area contributed by atoms with Crippen molar-refractivity contribution in [3.05, 3.63) is 62.5 Å². The molecule has 0 atom stereocenters. The van der Waals surface area contributed by atoms with E-state index in [9.17, 15) is 9.59 Å². The summed E-state index contributed by atoms with van der Waals surface area (Å²) in [6.45, 7) is 0.520. The molecule has 2 aromatic carbocycles. The summed E-state index contributed by atoms with van der Waals surface area (Å²) in [6.07, 6.45) is 2.92. The number of halogens is 2. The van der Waals surface area contributed by atoms with Gasteiger partial charge in [0.2, 0.25) is 0 Å². The van der Waals surface area contributed by atoms with E-state index >= 15 is 0 Å². The fourth-order valence-corrected chi connectivity index (χ4v) is 3.52. The van der Waals surface area contributed by atoms with Crippen molar-refractivity contribution in [3.63, 3.8) is 0 Å². The van der Waals surface area contributed by atoms with E-state index in [0.29, 0.717) is 18.7 Å². The first kappa shape index (κ1) is 20.6. The van der Waals surface area contributed by atoms with Crippen molar-refractivity contribution < 1.29 is 14.7 Å². The number of benzene rings is 2. The summed E-state index contributed by atoms with van der Waals surface area (Å²) in [5.74, 6) is -0.476. The highest BCUT2D eigenvalue weighted by molar-refractivity contribution is 9.10. The number of carboxylic acids is 1. The molecule has 3 rings (SSSR count). The summed E-state index contributed by atoms with van der Waals surface area (Å²) in [5.41, 5.74) is 3.13. The zero-order valence-electron chi connectivity index (χ0n) is 14.5. The molecular formula is C20H21Br2NO3. The molecule has 138 valence electrons. The van der Waals surface area contributed by atoms with Gasteiger partial charge in [0.25, 0.3) is 0 Å². The minimum absolute atomic E-state index is 0.156. The highest BCUT2D eigenvalue weighted by Crippen LogP contribution is 2.24. The first-order valence-electron chi connectivity index (χ1n) is 8.37. The predicted molar refractivity (Wildman–Crippen MR) is 111 cm³/mol. The minimum Gasteiger partial charge on any atom is -0.481 e. The normalized spacial score (nSPS) is 12.7. The largest absolute Gasteiger partial charge is 0.481 e. The monoisotopic (exact) mass is 481 g/mol. The molecule has 0 unspecified atom stereocenters. The number of carbonyl (C=O) groups excluding carboxylic acids is 1. The maximum Gasteiger partial charge on any atom is 0.305 e. The molecule has 1 aliphatic carbocycles. The Morgan fingerprint density at radius 1 is 1.12 bits per heavy atom. The van der Waals surface area contributed by atoms with Crippen molar-refractivity contribution in [3.8, 4) is 0 Å². The lowest BCUT2D eigenvalue weighted by atomic mass is 9.91. The predicted octanol–water partition coefficient (Wildman–Crippen LogP) is 5.33. The lowest BCUT2D eigenvalue weighted by Gasteiger charge is -2.18. The van der Waals surface area contributed by atoms with Crippen LogP contribution in [0.2, 0.25) is 0 Å². The minimum atomic E-state index is -0.771. The molecule has 0 saturated heterocycles. The first-order chi connectivity index (χ1) is 12.4. The van der Waals surface area contributed by atoms with E-state index < -0.39 is 5.97 Å². The molecule has 1 N–H and O–H groups in total. The molecule has 26 heavy (non-hydrogen) atoms. The molecule has 0 fully saturated rings. The Morgan fingerprint density at radius 2 is 1.85 bits per heavy atom. The van der Waals surface area contributed by atoms with E-state index in [1.807, 2.05) is 54.4 Å². The van der Waals surface area contributed by atoms with Crippen LogP contribution in [0.15, 0.2) is 51.4 Å². The Balaban J connectivity index is 0.000000189. The Labute approximate surface area is 170 Å². The standard InChI is InChI=1S/C10H12BrNO2.C10H9BrO/c1-12(6-5-10(13)14)9-4-2-3-8(11)7-9;11-8-4-5-9-7(6-8)2-1-3-10(9)12/h2-4,7H,5-6H2,1H3,(H,13,14);4-6H,1-3H2. The molecule has 0 aliphatic heterocycles. The number of aliphatic carboxylic acids is 1. The molecule has 1 aliphatic rings. The second-order valence-corrected chi connectivity index (χ2v) is 7.95. The third-order valence-electron chi connectivity index (χ3n) is 4.13. The Hall–Kier alpha value is -1.66. The molecule has 2 aromatic rings. The van der Waals surface area contributed by atoms with Gasteiger partial charge < -0.3 is 10.0 Å². The van der Waals surface area contributed by atoms with E-state index in [1.165, 1.54) is 5.56 Å². The highest BCUT2D eigenvalue weighted by atomic mass is 79.9. The van der Waals surface area contributed by atoms with Crippen molar-refractivity contribution >= 4 is 49.3 Å². The summed E-state index contributed by atoms with van der Waals surface area (Å²) in [5, 5.41) is 8.53. The number of anilines is 1. The van der Waals surface area contributed by atoms with E-state index in [1.54, 1.807) is 0 Å². The number of ketones is 1. The Kier molecular flexibility index (Phi) is 7.85. The molecule has 0 bridgehead atoms. The molecule has 0 saturated carbocycles. The molecule has 4 nitrogen and oxygen atoms in total. The van der Waals surface area contributed by atoms with Gasteiger partial charge >= 0.3 is 5.97 Å². The van der Waals surface area contributed by atoms with Crippen LogP contribution in [-0.4, -0.2) is 30.5 Å². The lowest BCUT2D eigenvalue weighted by Crippen LogP contribution is -2.20. The van der Waals surface area contributed by atoms with Crippen LogP contribution in [0.25, 0.3) is 0 Å². The summed E-state index contributed by atoms with van der Waals surface area (Å²) in [6, 6.07) is 13.7. The van der Waals surface area contributed by atoms with Gasteiger partial charge in [0, 0.05) is 40.2 Å². The third-order valence-corrected chi connectivity index (χ3v) is 5.11. The average Bonchev–Trinajstić information content (AvgIpc) is 2.60. The van der Waals surface area contributed by atoms with E-state index in [2.05, 4.69) is 31.9 Å².